The van der Waals surface area contributed by atoms with Gasteiger partial charge in [0.05, 0.1) is 4.92 Å². The summed E-state index contributed by atoms with van der Waals surface area (Å²) in [6, 6.07) is 4.85. The minimum Gasteiger partial charge on any atom is -0.387 e. The van der Waals surface area contributed by atoms with Crippen LogP contribution in [0.5, 0.6) is 0 Å². The number of non-ortho nitro benzene ring substituents is 1. The normalized spacial score (nSPS) is 13.2. The Morgan fingerprint density at radius 3 is 3.00 bits per heavy atom. The van der Waals surface area contributed by atoms with Gasteiger partial charge in [-0.25, -0.2) is 0 Å². The topological polar surface area (TPSA) is 55.2 Å². The third kappa shape index (κ3) is 1.38. The van der Waals surface area contributed by atoms with E-state index in [1.807, 2.05) is 12.3 Å². The molecule has 1 N–H and O–H groups in total. The third-order valence-electron chi connectivity index (χ3n) is 1.98. The summed E-state index contributed by atoms with van der Waals surface area (Å²) in [6.45, 7) is 0.730. The number of nitrogens with one attached hydrogen (secondary N) is 1. The van der Waals surface area contributed by atoms with Crippen molar-refractivity contribution in [2.75, 3.05) is 6.54 Å². The van der Waals surface area contributed by atoms with Gasteiger partial charge in [-0.05, 0) is 16.5 Å². The fourth-order valence-corrected chi connectivity index (χ4v) is 1.32. The highest BCUT2D eigenvalue weighted by Crippen LogP contribution is 2.03. The Morgan fingerprint density at radius 2 is 2.23 bits per heavy atom. The number of nitro groups is 1. The van der Waals surface area contributed by atoms with Crippen LogP contribution in [-0.4, -0.2) is 11.5 Å². The molecule has 0 bridgehead atoms. The second-order valence-electron chi connectivity index (χ2n) is 2.83. The molecule has 1 heterocycles. The van der Waals surface area contributed by atoms with Crippen LogP contribution in [0.4, 0.5) is 5.69 Å². The van der Waals surface area contributed by atoms with Gasteiger partial charge in [0.2, 0.25) is 0 Å². The van der Waals surface area contributed by atoms with Gasteiger partial charge in [-0.1, -0.05) is 6.08 Å². The van der Waals surface area contributed by atoms with Crippen molar-refractivity contribution in [3.8, 4) is 0 Å². The van der Waals surface area contributed by atoms with Crippen LogP contribution in [-0.2, 0) is 0 Å². The highest BCUT2D eigenvalue weighted by molar-refractivity contribution is 5.42. The van der Waals surface area contributed by atoms with Crippen LogP contribution in [0.3, 0.4) is 0 Å². The molecule has 1 aromatic rings. The largest absolute Gasteiger partial charge is 0.387 e. The average molecular weight is 176 g/mol. The van der Waals surface area contributed by atoms with Crippen molar-refractivity contribution in [2.45, 2.75) is 0 Å². The quantitative estimate of drug-likeness (QED) is 0.473. The van der Waals surface area contributed by atoms with E-state index in [2.05, 4.69) is 5.32 Å². The van der Waals surface area contributed by atoms with Crippen molar-refractivity contribution >= 4 is 18.0 Å². The van der Waals surface area contributed by atoms with Crippen LogP contribution < -0.4 is 15.8 Å². The fraction of sp³-hybridized carbons (Fsp3) is 0.111. The van der Waals surface area contributed by atoms with E-state index in [0.29, 0.717) is 0 Å². The SMILES string of the molecule is O=[N+]([O-])c1ccc2c(c1)=CCNC=2. The lowest BCUT2D eigenvalue weighted by Crippen LogP contribution is -2.32. The van der Waals surface area contributed by atoms with Gasteiger partial charge in [0, 0.05) is 24.9 Å². The van der Waals surface area contributed by atoms with E-state index >= 15 is 0 Å². The maximum absolute atomic E-state index is 10.5. The summed E-state index contributed by atoms with van der Waals surface area (Å²) in [5, 5.41) is 15.4. The number of hydrogen-bond acceptors (Lipinski definition) is 3. The summed E-state index contributed by atoms with van der Waals surface area (Å²) in [5.41, 5.74) is 0.144. The van der Waals surface area contributed by atoms with Crippen molar-refractivity contribution in [2.24, 2.45) is 0 Å². The predicted molar refractivity (Wildman–Crippen MR) is 49.3 cm³/mol. The molecule has 0 aromatic heterocycles. The lowest BCUT2D eigenvalue weighted by atomic mass is 10.2. The van der Waals surface area contributed by atoms with Crippen LogP contribution in [0.25, 0.3) is 12.3 Å². The van der Waals surface area contributed by atoms with Gasteiger partial charge < -0.3 is 5.32 Å². The number of fused-ring (bicyclic) bond motifs is 1. The maximum atomic E-state index is 10.5. The van der Waals surface area contributed by atoms with Gasteiger partial charge in [0.25, 0.3) is 5.69 Å². The molecule has 2 rings (SSSR count). The highest BCUT2D eigenvalue weighted by Gasteiger charge is 2.04. The monoisotopic (exact) mass is 176 g/mol. The number of nitro benzene ring substituents is 1. The molecule has 13 heavy (non-hydrogen) atoms. The van der Waals surface area contributed by atoms with Crippen molar-refractivity contribution in [1.29, 1.82) is 0 Å². The molecule has 1 aliphatic rings. The van der Waals surface area contributed by atoms with Gasteiger partial charge in [-0.15, -0.1) is 0 Å². The smallest absolute Gasteiger partial charge is 0.270 e. The lowest BCUT2D eigenvalue weighted by Gasteiger charge is -2.01. The Kier molecular flexibility index (Phi) is 1.73. The van der Waals surface area contributed by atoms with Crippen LogP contribution in [0.2, 0.25) is 0 Å². The second-order valence-corrected chi connectivity index (χ2v) is 2.83. The summed E-state index contributed by atoms with van der Waals surface area (Å²) in [5.74, 6) is 0. The van der Waals surface area contributed by atoms with Crippen LogP contribution in [0, 0.1) is 10.1 Å². The third-order valence-corrected chi connectivity index (χ3v) is 1.98. The molecule has 0 amide bonds. The molecule has 0 saturated carbocycles. The molecule has 0 fully saturated rings. The molecule has 0 spiro atoms. The van der Waals surface area contributed by atoms with E-state index in [1.165, 1.54) is 6.07 Å². The van der Waals surface area contributed by atoms with Crippen molar-refractivity contribution in [3.63, 3.8) is 0 Å². The van der Waals surface area contributed by atoms with Crippen LogP contribution >= 0.6 is 0 Å². The fourth-order valence-electron chi connectivity index (χ4n) is 1.32. The van der Waals surface area contributed by atoms with Gasteiger partial charge in [-0.3, -0.25) is 10.1 Å². The van der Waals surface area contributed by atoms with E-state index in [9.17, 15) is 10.1 Å². The van der Waals surface area contributed by atoms with Crippen molar-refractivity contribution in [3.05, 3.63) is 38.8 Å². The molecular weight excluding hydrogens is 168 g/mol. The van der Waals surface area contributed by atoms with E-state index in [-0.39, 0.29) is 10.6 Å². The molecule has 4 nitrogen and oxygen atoms in total. The summed E-state index contributed by atoms with van der Waals surface area (Å²) in [4.78, 5) is 10.1. The van der Waals surface area contributed by atoms with Crippen molar-refractivity contribution < 1.29 is 4.92 Å². The summed E-state index contributed by atoms with van der Waals surface area (Å²) in [7, 11) is 0. The molecule has 1 aliphatic heterocycles. The maximum Gasteiger partial charge on any atom is 0.270 e. The molecule has 0 atom stereocenters. The minimum atomic E-state index is -0.379. The standard InChI is InChI=1S/C9H8N2O2/c12-11(13)9-2-1-8-6-10-4-3-7(8)5-9/h1-3,5-6,10H,4H2. The molecule has 0 unspecified atom stereocenters. The molecule has 0 aliphatic carbocycles. The first kappa shape index (κ1) is 7.79. The average Bonchev–Trinajstić information content (AvgIpc) is 2.17. The zero-order valence-corrected chi connectivity index (χ0v) is 6.86. The van der Waals surface area contributed by atoms with E-state index in [4.69, 9.17) is 0 Å². The number of nitrogens with zero attached hydrogens (tertiary/aromatic N) is 1. The summed E-state index contributed by atoms with van der Waals surface area (Å²) >= 11 is 0. The molecule has 0 saturated heterocycles. The zero-order valence-electron chi connectivity index (χ0n) is 6.86. The molecule has 66 valence electrons. The van der Waals surface area contributed by atoms with Gasteiger partial charge in [0.1, 0.15) is 0 Å². The molecule has 4 heteroatoms. The Balaban J connectivity index is 2.67. The number of rotatable bonds is 1. The summed E-state index contributed by atoms with van der Waals surface area (Å²) in [6.07, 6.45) is 3.79. The van der Waals surface area contributed by atoms with Crippen LogP contribution in [0.15, 0.2) is 18.2 Å². The van der Waals surface area contributed by atoms with Crippen molar-refractivity contribution in [1.82, 2.24) is 5.32 Å². The first-order chi connectivity index (χ1) is 6.27. The molecular formula is C9H8N2O2. The number of hydrogen-bond donors (Lipinski definition) is 1. The Bertz CT molecular complexity index is 465. The molecule has 0 radical (unpaired) electrons. The minimum absolute atomic E-state index is 0.144. The highest BCUT2D eigenvalue weighted by atomic mass is 16.6. The summed E-state index contributed by atoms with van der Waals surface area (Å²) < 4.78 is 0. The Labute approximate surface area is 74.3 Å². The zero-order chi connectivity index (χ0) is 9.26. The van der Waals surface area contributed by atoms with Crippen LogP contribution in [0.1, 0.15) is 0 Å². The second kappa shape index (κ2) is 2.90. The van der Waals surface area contributed by atoms with E-state index in [1.54, 1.807) is 12.1 Å². The van der Waals surface area contributed by atoms with Gasteiger partial charge >= 0.3 is 0 Å². The first-order valence-corrected chi connectivity index (χ1v) is 3.95. The Morgan fingerprint density at radius 1 is 1.38 bits per heavy atom. The van der Waals surface area contributed by atoms with E-state index in [0.717, 1.165) is 17.0 Å². The Hall–Kier alpha value is -1.84. The lowest BCUT2D eigenvalue weighted by molar-refractivity contribution is -0.385. The van der Waals surface area contributed by atoms with Gasteiger partial charge in [-0.2, -0.15) is 0 Å². The first-order valence-electron chi connectivity index (χ1n) is 3.95. The van der Waals surface area contributed by atoms with Gasteiger partial charge in [0.15, 0.2) is 0 Å². The molecule has 1 aromatic carbocycles. The predicted octanol–water partition coefficient (Wildman–Crippen LogP) is -0.284. The van der Waals surface area contributed by atoms with E-state index < -0.39 is 0 Å². The number of benzene rings is 1.